The summed E-state index contributed by atoms with van der Waals surface area (Å²) in [5, 5.41) is 27.4. The van der Waals surface area contributed by atoms with Crippen molar-refractivity contribution >= 4 is 33.7 Å². The standard InChI is InChI=1S/C25H45N7O11S/c1-24(2,22-28-31-32-29-22)18-25(3,4)23(37)30-44(38,39)15-5-6-19(33)26-7-9-40-11-13-42-16-20(34)27-8-10-41-12-14-43-17-21(35)36/h5-18H2,1-4H3,(H,26,33)(H,27,34)(H,30,37)(H,35,36)(H,28,29,31,32). The zero-order valence-electron chi connectivity index (χ0n) is 25.7. The molecule has 0 radical (unpaired) electrons. The number of nitrogens with zero attached hydrogens (tertiary/aromatic N) is 3. The molecule has 0 bridgehead atoms. The van der Waals surface area contributed by atoms with E-state index in [-0.39, 0.29) is 90.4 Å². The fourth-order valence-corrected chi connectivity index (χ4v) is 5.08. The van der Waals surface area contributed by atoms with Gasteiger partial charge in [-0.05, 0) is 12.8 Å². The van der Waals surface area contributed by atoms with Crippen LogP contribution in [0.1, 0.15) is 52.8 Å². The van der Waals surface area contributed by atoms with Crippen molar-refractivity contribution in [2.45, 2.75) is 52.4 Å². The molecule has 0 aliphatic rings. The minimum absolute atomic E-state index is 0.0212. The van der Waals surface area contributed by atoms with Gasteiger partial charge in [0, 0.05) is 30.3 Å². The van der Waals surface area contributed by atoms with Crippen molar-refractivity contribution in [3.63, 3.8) is 0 Å². The van der Waals surface area contributed by atoms with Crippen LogP contribution >= 0.6 is 0 Å². The monoisotopic (exact) mass is 651 g/mol. The van der Waals surface area contributed by atoms with E-state index in [4.69, 9.17) is 24.1 Å². The number of carboxylic acid groups (broad SMARTS) is 1. The Kier molecular flexibility index (Phi) is 17.5. The Hall–Kier alpha value is -3.26. The second-order valence-electron chi connectivity index (χ2n) is 11.0. The predicted octanol–water partition coefficient (Wildman–Crippen LogP) is -1.50. The first-order valence-corrected chi connectivity index (χ1v) is 15.6. The number of sulfonamides is 1. The number of carbonyl (C=O) groups is 4. The molecule has 1 aromatic heterocycles. The molecule has 18 nitrogen and oxygen atoms in total. The number of hydrogen-bond donors (Lipinski definition) is 5. The maximum Gasteiger partial charge on any atom is 0.329 e. The maximum atomic E-state index is 12.7. The van der Waals surface area contributed by atoms with Gasteiger partial charge in [-0.1, -0.05) is 32.9 Å². The molecule has 19 heteroatoms. The fraction of sp³-hybridized carbons (Fsp3) is 0.800. The number of H-pyrrole nitrogens is 1. The summed E-state index contributed by atoms with van der Waals surface area (Å²) in [6.45, 7) is 7.97. The number of aromatic amines is 1. The van der Waals surface area contributed by atoms with Crippen molar-refractivity contribution in [3.8, 4) is 0 Å². The average molecular weight is 652 g/mol. The molecule has 1 aromatic rings. The van der Waals surface area contributed by atoms with Gasteiger partial charge in [-0.3, -0.25) is 19.1 Å². The van der Waals surface area contributed by atoms with E-state index in [0.717, 1.165) is 0 Å². The van der Waals surface area contributed by atoms with Gasteiger partial charge in [0.2, 0.25) is 27.7 Å². The SMILES string of the molecule is CC(C)(CC(C)(C)c1nn[nH]n1)C(=O)NS(=O)(=O)CCCC(=O)NCCOCCOCC(=O)NCCOCCOCC(=O)O. The number of amides is 3. The van der Waals surface area contributed by atoms with Gasteiger partial charge in [0.25, 0.3) is 0 Å². The van der Waals surface area contributed by atoms with Crippen LogP contribution in [-0.4, -0.2) is 130 Å². The Bertz CT molecular complexity index is 1130. The number of rotatable bonds is 25. The van der Waals surface area contributed by atoms with Crippen LogP contribution in [-0.2, 0) is 53.6 Å². The van der Waals surface area contributed by atoms with Crippen LogP contribution in [0.25, 0.3) is 0 Å². The Balaban J connectivity index is 2.08. The largest absolute Gasteiger partial charge is 0.480 e. The molecular formula is C25H45N7O11S. The van der Waals surface area contributed by atoms with Crippen LogP contribution in [0.5, 0.6) is 0 Å². The highest BCUT2D eigenvalue weighted by atomic mass is 32.2. The number of aromatic nitrogens is 4. The molecule has 3 amide bonds. The van der Waals surface area contributed by atoms with Crippen molar-refractivity contribution < 1.29 is 51.6 Å². The molecule has 1 rings (SSSR count). The second kappa shape index (κ2) is 19.9. The summed E-state index contributed by atoms with van der Waals surface area (Å²) in [5.41, 5.74) is -1.68. The number of tetrazole rings is 1. The maximum absolute atomic E-state index is 12.7. The number of aliphatic carboxylic acids is 1. The van der Waals surface area contributed by atoms with E-state index in [1.807, 2.05) is 13.8 Å². The summed E-state index contributed by atoms with van der Waals surface area (Å²) in [6.07, 6.45) is 0.235. The van der Waals surface area contributed by atoms with Gasteiger partial charge < -0.3 is 34.7 Å². The first-order valence-electron chi connectivity index (χ1n) is 14.0. The summed E-state index contributed by atoms with van der Waals surface area (Å²) in [5.74, 6) is -2.40. The zero-order valence-corrected chi connectivity index (χ0v) is 26.5. The van der Waals surface area contributed by atoms with Gasteiger partial charge in [-0.25, -0.2) is 13.2 Å². The minimum Gasteiger partial charge on any atom is -0.480 e. The van der Waals surface area contributed by atoms with Crippen molar-refractivity contribution in [1.82, 2.24) is 36.0 Å². The lowest BCUT2D eigenvalue weighted by atomic mass is 9.74. The molecular weight excluding hydrogens is 606 g/mol. The van der Waals surface area contributed by atoms with Gasteiger partial charge in [-0.15, -0.1) is 10.2 Å². The molecule has 0 saturated heterocycles. The quantitative estimate of drug-likeness (QED) is 0.0755. The average Bonchev–Trinajstić information content (AvgIpc) is 3.47. The number of carboxylic acids is 1. The van der Waals surface area contributed by atoms with E-state index >= 15 is 0 Å². The van der Waals surface area contributed by atoms with E-state index in [1.54, 1.807) is 13.8 Å². The Labute approximate surface area is 256 Å². The van der Waals surface area contributed by atoms with Gasteiger partial charge in [0.05, 0.1) is 45.4 Å². The normalized spacial score (nSPS) is 12.1. The second-order valence-corrected chi connectivity index (χ2v) is 12.8. The number of ether oxygens (including phenoxy) is 4. The van der Waals surface area contributed by atoms with Crippen molar-refractivity contribution in [2.24, 2.45) is 5.41 Å². The van der Waals surface area contributed by atoms with Crippen molar-refractivity contribution in [2.75, 3.05) is 71.7 Å². The van der Waals surface area contributed by atoms with E-state index in [0.29, 0.717) is 5.82 Å². The highest BCUT2D eigenvalue weighted by Crippen LogP contribution is 2.35. The van der Waals surface area contributed by atoms with E-state index in [9.17, 15) is 27.6 Å². The van der Waals surface area contributed by atoms with Crippen LogP contribution in [0.4, 0.5) is 0 Å². The molecule has 0 aliphatic carbocycles. The van der Waals surface area contributed by atoms with Crippen LogP contribution in [0.2, 0.25) is 0 Å². The third kappa shape index (κ3) is 17.8. The minimum atomic E-state index is -3.95. The topological polar surface area (TPSA) is 250 Å². The molecule has 0 fully saturated rings. The summed E-state index contributed by atoms with van der Waals surface area (Å²) in [4.78, 5) is 46.7. The molecule has 44 heavy (non-hydrogen) atoms. The van der Waals surface area contributed by atoms with Crippen molar-refractivity contribution in [3.05, 3.63) is 5.82 Å². The molecule has 0 aromatic carbocycles. The van der Waals surface area contributed by atoms with Crippen LogP contribution in [0, 0.1) is 5.41 Å². The molecule has 0 aliphatic heterocycles. The van der Waals surface area contributed by atoms with Gasteiger partial charge in [0.15, 0.2) is 5.82 Å². The van der Waals surface area contributed by atoms with E-state index < -0.39 is 45.1 Å². The summed E-state index contributed by atoms with van der Waals surface area (Å²) >= 11 is 0. The Morgan fingerprint density at radius 3 is 1.98 bits per heavy atom. The smallest absolute Gasteiger partial charge is 0.329 e. The van der Waals surface area contributed by atoms with Gasteiger partial charge >= 0.3 is 5.97 Å². The summed E-state index contributed by atoms with van der Waals surface area (Å²) < 4.78 is 47.5. The third-order valence-electron chi connectivity index (χ3n) is 5.85. The first kappa shape index (κ1) is 38.8. The highest BCUT2D eigenvalue weighted by Gasteiger charge is 2.39. The summed E-state index contributed by atoms with van der Waals surface area (Å²) in [7, 11) is -3.95. The fourth-order valence-electron chi connectivity index (χ4n) is 3.89. The highest BCUT2D eigenvalue weighted by molar-refractivity contribution is 7.90. The number of nitrogens with one attached hydrogen (secondary N) is 4. The van der Waals surface area contributed by atoms with Gasteiger partial charge in [0.1, 0.15) is 13.2 Å². The van der Waals surface area contributed by atoms with E-state index in [2.05, 4.69) is 36.0 Å². The predicted molar refractivity (Wildman–Crippen MR) is 154 cm³/mol. The molecule has 0 unspecified atom stereocenters. The number of hydrogen-bond acceptors (Lipinski definition) is 13. The number of carbonyl (C=O) groups excluding carboxylic acids is 3. The van der Waals surface area contributed by atoms with Crippen LogP contribution in [0.15, 0.2) is 0 Å². The molecule has 252 valence electrons. The van der Waals surface area contributed by atoms with Crippen molar-refractivity contribution in [1.29, 1.82) is 0 Å². The third-order valence-corrected chi connectivity index (χ3v) is 7.18. The molecule has 5 N–H and O–H groups in total. The van der Waals surface area contributed by atoms with Crippen LogP contribution in [0.3, 0.4) is 0 Å². The first-order chi connectivity index (χ1) is 20.6. The Morgan fingerprint density at radius 1 is 0.841 bits per heavy atom. The van der Waals surface area contributed by atoms with Gasteiger partial charge in [-0.2, -0.15) is 5.21 Å². The van der Waals surface area contributed by atoms with Crippen LogP contribution < -0.4 is 15.4 Å². The zero-order chi connectivity index (χ0) is 33.1. The Morgan fingerprint density at radius 2 is 1.41 bits per heavy atom. The molecule has 0 saturated carbocycles. The molecule has 1 heterocycles. The lowest BCUT2D eigenvalue weighted by Gasteiger charge is -2.31. The lowest BCUT2D eigenvalue weighted by Crippen LogP contribution is -2.44. The molecule has 0 spiro atoms. The summed E-state index contributed by atoms with van der Waals surface area (Å²) in [6, 6.07) is 0. The lowest BCUT2D eigenvalue weighted by molar-refractivity contribution is -0.142. The molecule has 0 atom stereocenters. The van der Waals surface area contributed by atoms with E-state index in [1.165, 1.54) is 0 Å².